The lowest BCUT2D eigenvalue weighted by Crippen LogP contribution is -2.03. The first-order valence-electron chi connectivity index (χ1n) is 8.29. The molecule has 158 valence electrons. The molecular formula is C18H17N3O7S2. The zero-order chi connectivity index (χ0) is 22.3. The first-order valence-corrected chi connectivity index (χ1v) is 11.2. The third-order valence-electron chi connectivity index (χ3n) is 4.30. The average molecular weight is 451 g/mol. The van der Waals surface area contributed by atoms with Gasteiger partial charge in [-0.2, -0.15) is 21.9 Å². The molecule has 3 aromatic carbocycles. The van der Waals surface area contributed by atoms with E-state index in [0.29, 0.717) is 22.7 Å². The van der Waals surface area contributed by atoms with Crippen LogP contribution >= 0.6 is 0 Å². The summed E-state index contributed by atoms with van der Waals surface area (Å²) in [6, 6.07) is 9.04. The van der Waals surface area contributed by atoms with E-state index in [1.54, 1.807) is 19.1 Å². The third-order valence-corrected chi connectivity index (χ3v) is 6.10. The molecule has 0 spiro atoms. The number of ether oxygens (including phenoxy) is 1. The van der Waals surface area contributed by atoms with E-state index in [-0.39, 0.29) is 16.5 Å². The molecule has 10 nitrogen and oxygen atoms in total. The van der Waals surface area contributed by atoms with Crippen molar-refractivity contribution in [2.45, 2.75) is 16.7 Å². The molecule has 0 bridgehead atoms. The molecule has 0 fully saturated rings. The van der Waals surface area contributed by atoms with E-state index in [0.717, 1.165) is 12.1 Å². The Bertz CT molecular complexity index is 1400. The second-order valence-electron chi connectivity index (χ2n) is 6.33. The predicted molar refractivity (Wildman–Crippen MR) is 110 cm³/mol. The van der Waals surface area contributed by atoms with Crippen LogP contribution in [0.4, 0.5) is 17.1 Å². The van der Waals surface area contributed by atoms with Crippen molar-refractivity contribution in [2.24, 2.45) is 10.2 Å². The van der Waals surface area contributed by atoms with Crippen LogP contribution in [0.25, 0.3) is 10.8 Å². The van der Waals surface area contributed by atoms with Crippen LogP contribution in [0, 0.1) is 6.92 Å². The fourth-order valence-electron chi connectivity index (χ4n) is 2.85. The lowest BCUT2D eigenvalue weighted by molar-refractivity contribution is 0.416. The van der Waals surface area contributed by atoms with Crippen molar-refractivity contribution in [1.82, 2.24) is 0 Å². The predicted octanol–water partition coefficient (Wildman–Crippen LogP) is 3.65. The SMILES string of the molecule is COc1cc(N)c(C)cc1N=Nc1cc(S(=O)(=O)O)c2cccc(S(=O)(=O)O)c2c1. The Hall–Kier alpha value is -3.06. The average Bonchev–Trinajstić information content (AvgIpc) is 2.65. The number of hydrogen-bond donors (Lipinski definition) is 3. The monoisotopic (exact) mass is 451 g/mol. The molecule has 3 rings (SSSR count). The highest BCUT2D eigenvalue weighted by molar-refractivity contribution is 7.86. The van der Waals surface area contributed by atoms with Crippen molar-refractivity contribution >= 4 is 48.1 Å². The molecule has 0 aromatic heterocycles. The Kier molecular flexibility index (Phi) is 5.52. The van der Waals surface area contributed by atoms with E-state index >= 15 is 0 Å². The molecule has 0 atom stereocenters. The number of rotatable bonds is 5. The largest absolute Gasteiger partial charge is 0.494 e. The van der Waals surface area contributed by atoms with Crippen molar-refractivity contribution in [3.05, 3.63) is 48.0 Å². The highest BCUT2D eigenvalue weighted by atomic mass is 32.2. The zero-order valence-electron chi connectivity index (χ0n) is 15.8. The molecule has 0 aliphatic heterocycles. The van der Waals surface area contributed by atoms with E-state index in [1.165, 1.54) is 25.3 Å². The molecule has 0 aliphatic carbocycles. The van der Waals surface area contributed by atoms with Gasteiger partial charge in [0.25, 0.3) is 20.2 Å². The minimum absolute atomic E-state index is 0.0808. The highest BCUT2D eigenvalue weighted by Crippen LogP contribution is 2.36. The number of azo groups is 1. The first-order chi connectivity index (χ1) is 13.9. The van der Waals surface area contributed by atoms with E-state index in [4.69, 9.17) is 10.5 Å². The van der Waals surface area contributed by atoms with Crippen LogP contribution in [0.5, 0.6) is 5.75 Å². The van der Waals surface area contributed by atoms with E-state index in [2.05, 4.69) is 10.2 Å². The van der Waals surface area contributed by atoms with E-state index < -0.39 is 30.0 Å². The molecule has 0 aliphatic rings. The lowest BCUT2D eigenvalue weighted by Gasteiger charge is -2.09. The fourth-order valence-corrected chi connectivity index (χ4v) is 4.27. The molecule has 4 N–H and O–H groups in total. The van der Waals surface area contributed by atoms with Crippen molar-refractivity contribution < 1.29 is 30.7 Å². The maximum atomic E-state index is 11.9. The molecule has 3 aromatic rings. The zero-order valence-corrected chi connectivity index (χ0v) is 17.4. The Morgan fingerprint density at radius 2 is 1.57 bits per heavy atom. The second kappa shape index (κ2) is 7.65. The normalized spacial score (nSPS) is 12.5. The minimum Gasteiger partial charge on any atom is -0.494 e. The van der Waals surface area contributed by atoms with E-state index in [9.17, 15) is 25.9 Å². The summed E-state index contributed by atoms with van der Waals surface area (Å²) in [7, 11) is -8.01. The first kappa shape index (κ1) is 21.6. The number of methoxy groups -OCH3 is 1. The smallest absolute Gasteiger partial charge is 0.295 e. The lowest BCUT2D eigenvalue weighted by atomic mass is 10.1. The molecule has 0 saturated heterocycles. The van der Waals surface area contributed by atoms with E-state index in [1.807, 2.05) is 0 Å². The number of hydrogen-bond acceptors (Lipinski definition) is 8. The summed E-state index contributed by atoms with van der Waals surface area (Å²) in [5, 5.41) is 7.73. The number of nitrogens with two attached hydrogens (primary N) is 1. The van der Waals surface area contributed by atoms with Crippen molar-refractivity contribution in [2.75, 3.05) is 12.8 Å². The number of benzene rings is 3. The molecule has 30 heavy (non-hydrogen) atoms. The van der Waals surface area contributed by atoms with Crippen LogP contribution < -0.4 is 10.5 Å². The maximum Gasteiger partial charge on any atom is 0.295 e. The Labute approximate surface area is 172 Å². The quantitative estimate of drug-likeness (QED) is 0.300. The topological polar surface area (TPSA) is 169 Å². The van der Waals surface area contributed by atoms with Gasteiger partial charge in [-0.15, -0.1) is 5.11 Å². The van der Waals surface area contributed by atoms with Gasteiger partial charge in [0.15, 0.2) is 0 Å². The van der Waals surface area contributed by atoms with Crippen molar-refractivity contribution in [3.8, 4) is 5.75 Å². The molecule has 12 heteroatoms. The van der Waals surface area contributed by atoms with Gasteiger partial charge < -0.3 is 10.5 Å². The summed E-state index contributed by atoms with van der Waals surface area (Å²) < 4.78 is 71.4. The van der Waals surface area contributed by atoms with Gasteiger partial charge in [0.05, 0.1) is 12.8 Å². The van der Waals surface area contributed by atoms with Gasteiger partial charge in [-0.25, -0.2) is 0 Å². The summed E-state index contributed by atoms with van der Waals surface area (Å²) in [6.45, 7) is 1.75. The second-order valence-corrected chi connectivity index (χ2v) is 9.11. The third kappa shape index (κ3) is 4.26. The summed E-state index contributed by atoms with van der Waals surface area (Å²) in [6.07, 6.45) is 0. The van der Waals surface area contributed by atoms with Gasteiger partial charge in [0, 0.05) is 22.5 Å². The number of nitrogen functional groups attached to an aromatic ring is 1. The molecule has 0 amide bonds. The van der Waals surface area contributed by atoms with Crippen LogP contribution in [0.15, 0.2) is 62.5 Å². The summed E-state index contributed by atoms with van der Waals surface area (Å²) in [5.74, 6) is 0.316. The van der Waals surface area contributed by atoms with Crippen LogP contribution in [0.2, 0.25) is 0 Å². The van der Waals surface area contributed by atoms with Crippen LogP contribution in [-0.4, -0.2) is 33.1 Å². The Balaban J connectivity index is 2.28. The summed E-state index contributed by atoms with van der Waals surface area (Å²) >= 11 is 0. The van der Waals surface area contributed by atoms with Crippen LogP contribution in [0.1, 0.15) is 5.56 Å². The molecule has 0 radical (unpaired) electrons. The van der Waals surface area contributed by atoms with Gasteiger partial charge in [0.2, 0.25) is 0 Å². The van der Waals surface area contributed by atoms with Crippen LogP contribution in [-0.2, 0) is 20.2 Å². The van der Waals surface area contributed by atoms with Crippen LogP contribution in [0.3, 0.4) is 0 Å². The van der Waals surface area contributed by atoms with Gasteiger partial charge in [-0.3, -0.25) is 9.11 Å². The Morgan fingerprint density at radius 3 is 2.17 bits per heavy atom. The number of anilines is 1. The standard InChI is InChI=1S/C18H17N3O7S2/c1-10-6-15(16(28-2)9-14(10)19)21-20-11-7-13-12(18(8-11)30(25,26)27)4-3-5-17(13)29(22,23)24/h3-9H,19H2,1-2H3,(H,22,23,24)(H,25,26,27). The molecule has 0 saturated carbocycles. The van der Waals surface area contributed by atoms with Crippen molar-refractivity contribution in [1.29, 1.82) is 0 Å². The van der Waals surface area contributed by atoms with Gasteiger partial charge in [-0.1, -0.05) is 12.1 Å². The summed E-state index contributed by atoms with van der Waals surface area (Å²) in [5.41, 5.74) is 7.22. The minimum atomic E-state index is -4.74. The van der Waals surface area contributed by atoms with Gasteiger partial charge in [0.1, 0.15) is 21.2 Å². The number of aryl methyl sites for hydroxylation is 1. The fraction of sp³-hybridized carbons (Fsp3) is 0.111. The summed E-state index contributed by atoms with van der Waals surface area (Å²) in [4.78, 5) is -1.12. The molecule has 0 heterocycles. The number of fused-ring (bicyclic) bond motifs is 1. The maximum absolute atomic E-state index is 11.9. The molecular weight excluding hydrogens is 434 g/mol. The molecule has 0 unspecified atom stereocenters. The number of nitrogens with zero attached hydrogens (tertiary/aromatic N) is 2. The Morgan fingerprint density at radius 1 is 0.900 bits per heavy atom. The van der Waals surface area contributed by atoms with Crippen molar-refractivity contribution in [3.63, 3.8) is 0 Å². The highest BCUT2D eigenvalue weighted by Gasteiger charge is 2.21. The van der Waals surface area contributed by atoms with Gasteiger partial charge >= 0.3 is 0 Å². The van der Waals surface area contributed by atoms with Gasteiger partial charge in [-0.05, 0) is 36.8 Å².